The zero-order valence-electron chi connectivity index (χ0n) is 13.1. The van der Waals surface area contributed by atoms with Crippen LogP contribution >= 0.6 is 0 Å². The molecule has 116 valence electrons. The zero-order chi connectivity index (χ0) is 15.6. The van der Waals surface area contributed by atoms with Gasteiger partial charge in [-0.15, -0.1) is 0 Å². The van der Waals surface area contributed by atoms with Gasteiger partial charge in [-0.3, -0.25) is 4.55 Å². The molecule has 0 amide bonds. The predicted octanol–water partition coefficient (Wildman–Crippen LogP) is 4.92. The smallest absolute Gasteiger partial charge is 0.282 e. The summed E-state index contributed by atoms with van der Waals surface area (Å²) >= 11 is 0. The lowest BCUT2D eigenvalue weighted by molar-refractivity contribution is 0.482. The van der Waals surface area contributed by atoms with Gasteiger partial charge in [0, 0.05) is 0 Å². The molecule has 0 spiro atoms. The van der Waals surface area contributed by atoms with Crippen LogP contribution in [0.15, 0.2) is 23.1 Å². The van der Waals surface area contributed by atoms with Gasteiger partial charge in [0.1, 0.15) is 0 Å². The minimum absolute atomic E-state index is 0.0116. The average Bonchev–Trinajstić information content (AvgIpc) is 2.37. The molecule has 0 saturated heterocycles. The number of hydrogen-bond acceptors (Lipinski definition) is 2. The predicted molar refractivity (Wildman–Crippen MR) is 84.8 cm³/mol. The Morgan fingerprint density at radius 2 is 1.45 bits per heavy atom. The summed E-state index contributed by atoms with van der Waals surface area (Å²) in [6, 6.07) is 4.78. The highest BCUT2D eigenvalue weighted by Crippen LogP contribution is 2.17. The van der Waals surface area contributed by atoms with Crippen molar-refractivity contribution in [1.82, 2.24) is 0 Å². The van der Waals surface area contributed by atoms with Crippen molar-refractivity contribution in [3.63, 3.8) is 0 Å². The molecule has 3 nitrogen and oxygen atoms in total. The number of rotatable bonds is 6. The molecular weight excluding hydrogens is 272 g/mol. The molecule has 1 rings (SSSR count). The van der Waals surface area contributed by atoms with E-state index in [1.54, 1.807) is 26.0 Å². The summed E-state index contributed by atoms with van der Waals surface area (Å²) in [5, 5.41) is 0. The van der Waals surface area contributed by atoms with Gasteiger partial charge in [-0.25, -0.2) is 0 Å². The first-order valence-electron chi connectivity index (χ1n) is 7.38. The highest BCUT2D eigenvalue weighted by molar-refractivity contribution is 7.85. The molecule has 1 N–H and O–H groups in total. The van der Waals surface area contributed by atoms with Gasteiger partial charge in [0.15, 0.2) is 0 Å². The second-order valence-corrected chi connectivity index (χ2v) is 6.48. The molecule has 1 aromatic rings. The van der Waals surface area contributed by atoms with E-state index >= 15 is 0 Å². The summed E-state index contributed by atoms with van der Waals surface area (Å²) in [5.41, 5.74) is 1.45. The third-order valence-electron chi connectivity index (χ3n) is 3.29. The van der Waals surface area contributed by atoms with Crippen LogP contribution in [-0.4, -0.2) is 13.0 Å². The van der Waals surface area contributed by atoms with Crippen LogP contribution < -0.4 is 0 Å². The van der Waals surface area contributed by atoms with Gasteiger partial charge in [-0.2, -0.15) is 8.42 Å². The Labute approximate surface area is 124 Å². The van der Waals surface area contributed by atoms with E-state index in [0.717, 1.165) is 5.56 Å². The molecule has 0 radical (unpaired) electrons. The van der Waals surface area contributed by atoms with Gasteiger partial charge in [0.05, 0.1) is 4.90 Å². The van der Waals surface area contributed by atoms with Crippen LogP contribution in [0.4, 0.5) is 0 Å². The number of unbranched alkanes of at least 4 members (excludes halogenated alkanes) is 5. The molecular formula is C16H28O3S. The molecule has 0 aliphatic rings. The average molecular weight is 300 g/mol. The number of benzene rings is 1. The SMILES string of the molecule is CCCCCCCC.Cc1cccc(S(=O)(=O)O)c1C. The Morgan fingerprint density at radius 1 is 0.950 bits per heavy atom. The first-order valence-corrected chi connectivity index (χ1v) is 8.82. The van der Waals surface area contributed by atoms with Crippen LogP contribution in [0.5, 0.6) is 0 Å². The lowest BCUT2D eigenvalue weighted by Crippen LogP contribution is -2.01. The van der Waals surface area contributed by atoms with E-state index in [0.29, 0.717) is 5.56 Å². The molecule has 0 bridgehead atoms. The highest BCUT2D eigenvalue weighted by atomic mass is 32.2. The van der Waals surface area contributed by atoms with Crippen LogP contribution in [0.1, 0.15) is 63.5 Å². The maximum Gasteiger partial charge on any atom is 0.294 e. The first-order chi connectivity index (χ1) is 9.34. The third kappa shape index (κ3) is 7.65. The quantitative estimate of drug-likeness (QED) is 0.599. The van der Waals surface area contributed by atoms with Gasteiger partial charge >= 0.3 is 0 Å². The van der Waals surface area contributed by atoms with Crippen molar-refractivity contribution >= 4 is 10.1 Å². The van der Waals surface area contributed by atoms with E-state index in [4.69, 9.17) is 4.55 Å². The van der Waals surface area contributed by atoms with Crippen LogP contribution in [-0.2, 0) is 10.1 Å². The fraction of sp³-hybridized carbons (Fsp3) is 0.625. The Hall–Kier alpha value is -0.870. The maximum absolute atomic E-state index is 10.8. The first kappa shape index (κ1) is 19.1. The molecule has 0 heterocycles. The largest absolute Gasteiger partial charge is 0.294 e. The maximum atomic E-state index is 10.8. The molecule has 0 aromatic heterocycles. The van der Waals surface area contributed by atoms with E-state index in [-0.39, 0.29) is 4.90 Å². The summed E-state index contributed by atoms with van der Waals surface area (Å²) in [6.45, 7) is 7.97. The summed E-state index contributed by atoms with van der Waals surface area (Å²) in [5.74, 6) is 0. The molecule has 1 aromatic carbocycles. The van der Waals surface area contributed by atoms with Gasteiger partial charge in [-0.05, 0) is 31.0 Å². The topological polar surface area (TPSA) is 54.4 Å². The van der Waals surface area contributed by atoms with Crippen LogP contribution in [0.2, 0.25) is 0 Å². The second kappa shape index (κ2) is 9.94. The van der Waals surface area contributed by atoms with Crippen LogP contribution in [0, 0.1) is 13.8 Å². The van der Waals surface area contributed by atoms with Crippen LogP contribution in [0.25, 0.3) is 0 Å². The van der Waals surface area contributed by atoms with Crippen molar-refractivity contribution in [3.8, 4) is 0 Å². The Morgan fingerprint density at radius 3 is 1.80 bits per heavy atom. The Kier molecular flexibility index (Phi) is 9.51. The standard InChI is InChI=1S/C8H10O3S.C8H18/c1-6-4-3-5-8(7(6)2)12(9,10)11;1-3-5-7-8-6-4-2/h3-5H,1-2H3,(H,9,10,11);3-8H2,1-2H3. The molecule has 20 heavy (non-hydrogen) atoms. The van der Waals surface area contributed by atoms with E-state index < -0.39 is 10.1 Å². The summed E-state index contributed by atoms with van der Waals surface area (Å²) in [7, 11) is -4.06. The molecule has 4 heteroatoms. The van der Waals surface area contributed by atoms with Gasteiger partial charge in [-0.1, -0.05) is 64.5 Å². The van der Waals surface area contributed by atoms with Gasteiger partial charge in [0.2, 0.25) is 0 Å². The van der Waals surface area contributed by atoms with Crippen molar-refractivity contribution in [2.75, 3.05) is 0 Å². The van der Waals surface area contributed by atoms with Gasteiger partial charge < -0.3 is 0 Å². The fourth-order valence-electron chi connectivity index (χ4n) is 1.86. The van der Waals surface area contributed by atoms with Crippen molar-refractivity contribution in [3.05, 3.63) is 29.3 Å². The van der Waals surface area contributed by atoms with E-state index in [9.17, 15) is 8.42 Å². The molecule has 0 aliphatic heterocycles. The minimum atomic E-state index is -4.06. The van der Waals surface area contributed by atoms with Crippen molar-refractivity contribution < 1.29 is 13.0 Å². The molecule has 0 saturated carbocycles. The van der Waals surface area contributed by atoms with Crippen molar-refractivity contribution in [2.45, 2.75) is 71.1 Å². The molecule has 0 fully saturated rings. The molecule has 0 unspecified atom stereocenters. The second-order valence-electron chi connectivity index (χ2n) is 5.09. The highest BCUT2D eigenvalue weighted by Gasteiger charge is 2.12. The minimum Gasteiger partial charge on any atom is -0.282 e. The summed E-state index contributed by atoms with van der Waals surface area (Å²) in [4.78, 5) is -0.0116. The fourth-order valence-corrected chi connectivity index (χ4v) is 2.66. The van der Waals surface area contributed by atoms with E-state index in [2.05, 4.69) is 13.8 Å². The Bertz CT molecular complexity index is 472. The third-order valence-corrected chi connectivity index (χ3v) is 4.29. The van der Waals surface area contributed by atoms with Crippen molar-refractivity contribution in [2.24, 2.45) is 0 Å². The monoisotopic (exact) mass is 300 g/mol. The lowest BCUT2D eigenvalue weighted by atomic mass is 10.1. The summed E-state index contributed by atoms with van der Waals surface area (Å²) in [6.07, 6.45) is 8.49. The normalized spacial score (nSPS) is 10.8. The number of hydrogen-bond donors (Lipinski definition) is 1. The lowest BCUT2D eigenvalue weighted by Gasteiger charge is -2.03. The van der Waals surface area contributed by atoms with E-state index in [1.165, 1.54) is 44.6 Å². The van der Waals surface area contributed by atoms with Crippen LogP contribution in [0.3, 0.4) is 0 Å². The zero-order valence-corrected chi connectivity index (χ0v) is 14.0. The molecule has 0 atom stereocenters. The summed E-state index contributed by atoms with van der Waals surface area (Å²) < 4.78 is 30.3. The van der Waals surface area contributed by atoms with Crippen molar-refractivity contribution in [1.29, 1.82) is 0 Å². The molecule has 0 aliphatic carbocycles. The number of aryl methyl sites for hydroxylation is 1. The Balaban J connectivity index is 0.000000396. The van der Waals surface area contributed by atoms with Gasteiger partial charge in [0.25, 0.3) is 10.1 Å². The van der Waals surface area contributed by atoms with E-state index in [1.807, 2.05) is 0 Å².